The number of aromatic nitrogens is 3. The summed E-state index contributed by atoms with van der Waals surface area (Å²) in [6.07, 6.45) is -0.467. The molecule has 1 saturated heterocycles. The standard InChI is InChI=1S/C22H23F3N6O2S/c1-13-9-14(11-15(10-13)29-20-27-6-3-17(30-20)22(23,24)25)16-12-28-18(34-16)21(33)4-2-7-31(8-5-21)19(26)32/h3,6,9-12,33H,2,4-5,7-8H2,1H3,(H2,26,32)(H,27,29,30)/t21-/m1/s1. The molecule has 3 heterocycles. The van der Waals surface area contributed by atoms with E-state index < -0.39 is 23.5 Å². The lowest BCUT2D eigenvalue weighted by molar-refractivity contribution is -0.141. The fourth-order valence-corrected chi connectivity index (χ4v) is 4.93. The van der Waals surface area contributed by atoms with Gasteiger partial charge in [0.25, 0.3) is 0 Å². The van der Waals surface area contributed by atoms with Crippen LogP contribution in [0.5, 0.6) is 0 Å². The van der Waals surface area contributed by atoms with Crippen molar-refractivity contribution in [1.29, 1.82) is 0 Å². The van der Waals surface area contributed by atoms with Crippen molar-refractivity contribution in [2.45, 2.75) is 38.0 Å². The van der Waals surface area contributed by atoms with E-state index in [9.17, 15) is 23.1 Å². The maximum Gasteiger partial charge on any atom is 0.433 e. The van der Waals surface area contributed by atoms with Crippen LogP contribution in [0.4, 0.5) is 29.6 Å². The maximum absolute atomic E-state index is 13.0. The van der Waals surface area contributed by atoms with Gasteiger partial charge in [-0.05, 0) is 49.1 Å². The lowest BCUT2D eigenvalue weighted by atomic mass is 9.96. The summed E-state index contributed by atoms with van der Waals surface area (Å²) in [6, 6.07) is 5.76. The van der Waals surface area contributed by atoms with Crippen molar-refractivity contribution in [3.8, 4) is 10.4 Å². The predicted molar refractivity (Wildman–Crippen MR) is 122 cm³/mol. The van der Waals surface area contributed by atoms with E-state index in [2.05, 4.69) is 20.3 Å². The van der Waals surface area contributed by atoms with E-state index in [0.717, 1.165) is 28.3 Å². The second-order valence-corrected chi connectivity index (χ2v) is 9.25. The number of nitrogens with zero attached hydrogens (tertiary/aromatic N) is 4. The van der Waals surface area contributed by atoms with Crippen LogP contribution in [0.3, 0.4) is 0 Å². The Morgan fingerprint density at radius 1 is 1.24 bits per heavy atom. The Morgan fingerprint density at radius 2 is 2.03 bits per heavy atom. The van der Waals surface area contributed by atoms with Gasteiger partial charge in [-0.1, -0.05) is 6.07 Å². The third kappa shape index (κ3) is 5.28. The normalized spacial score (nSPS) is 19.0. The van der Waals surface area contributed by atoms with E-state index in [0.29, 0.717) is 43.0 Å². The van der Waals surface area contributed by atoms with Gasteiger partial charge in [-0.3, -0.25) is 0 Å². The molecule has 0 spiro atoms. The molecule has 3 aromatic rings. The molecule has 0 saturated carbocycles. The number of hydrogen-bond donors (Lipinski definition) is 3. The molecule has 4 N–H and O–H groups in total. The van der Waals surface area contributed by atoms with E-state index in [-0.39, 0.29) is 5.95 Å². The Kier molecular flexibility index (Phi) is 6.45. The average molecular weight is 493 g/mol. The highest BCUT2D eigenvalue weighted by Gasteiger charge is 2.36. The van der Waals surface area contributed by atoms with Crippen molar-refractivity contribution >= 4 is 29.0 Å². The smallest absolute Gasteiger partial charge is 0.383 e. The molecule has 1 fully saturated rings. The minimum Gasteiger partial charge on any atom is -0.383 e. The SMILES string of the molecule is Cc1cc(Nc2nccc(C(F)(F)F)n2)cc(-c2cnc([C@@]3(O)CCCN(C(N)=O)CC3)s2)c1. The number of halogens is 3. The van der Waals surface area contributed by atoms with Crippen molar-refractivity contribution < 1.29 is 23.1 Å². The lowest BCUT2D eigenvalue weighted by Gasteiger charge is -2.24. The first-order chi connectivity index (χ1) is 16.0. The monoisotopic (exact) mass is 492 g/mol. The summed E-state index contributed by atoms with van der Waals surface area (Å²) in [5.74, 6) is -0.164. The van der Waals surface area contributed by atoms with Crippen LogP contribution in [0.15, 0.2) is 36.7 Å². The Bertz CT molecular complexity index is 1200. The number of nitrogens with two attached hydrogens (primary N) is 1. The first-order valence-electron chi connectivity index (χ1n) is 10.6. The molecule has 180 valence electrons. The van der Waals surface area contributed by atoms with Gasteiger partial charge in [0.1, 0.15) is 16.3 Å². The van der Waals surface area contributed by atoms with Gasteiger partial charge in [0.15, 0.2) is 0 Å². The van der Waals surface area contributed by atoms with E-state index in [4.69, 9.17) is 5.73 Å². The number of urea groups is 1. The number of aryl methyl sites for hydroxylation is 1. The number of nitrogens with one attached hydrogen (secondary N) is 1. The zero-order valence-corrected chi connectivity index (χ0v) is 19.1. The first kappa shape index (κ1) is 23.9. The van der Waals surface area contributed by atoms with Crippen LogP contribution < -0.4 is 11.1 Å². The number of aliphatic hydroxyl groups is 1. The molecule has 1 aliphatic heterocycles. The van der Waals surface area contributed by atoms with Gasteiger partial charge in [0.2, 0.25) is 5.95 Å². The summed E-state index contributed by atoms with van der Waals surface area (Å²) in [5, 5.41) is 14.6. The average Bonchev–Trinajstić information content (AvgIpc) is 3.18. The fourth-order valence-electron chi connectivity index (χ4n) is 3.88. The van der Waals surface area contributed by atoms with Crippen LogP contribution in [0.2, 0.25) is 0 Å². The number of primary amides is 1. The number of carbonyl (C=O) groups is 1. The third-order valence-electron chi connectivity index (χ3n) is 5.59. The molecule has 1 aliphatic rings. The number of hydrogen-bond acceptors (Lipinski definition) is 7. The zero-order chi connectivity index (χ0) is 24.5. The Hall–Kier alpha value is -3.25. The molecule has 0 aliphatic carbocycles. The molecule has 34 heavy (non-hydrogen) atoms. The minimum absolute atomic E-state index is 0.164. The summed E-state index contributed by atoms with van der Waals surface area (Å²) >= 11 is 1.34. The van der Waals surface area contributed by atoms with E-state index in [1.165, 1.54) is 16.2 Å². The van der Waals surface area contributed by atoms with E-state index in [1.54, 1.807) is 18.3 Å². The highest BCUT2D eigenvalue weighted by Crippen LogP contribution is 2.39. The van der Waals surface area contributed by atoms with Crippen LogP contribution in [-0.4, -0.2) is 44.1 Å². The van der Waals surface area contributed by atoms with Crippen LogP contribution in [0.1, 0.15) is 35.5 Å². The summed E-state index contributed by atoms with van der Waals surface area (Å²) in [6.45, 7) is 2.69. The Balaban J connectivity index is 1.57. The number of alkyl halides is 3. The van der Waals surface area contributed by atoms with Gasteiger partial charge in [0, 0.05) is 37.6 Å². The highest BCUT2D eigenvalue weighted by molar-refractivity contribution is 7.15. The third-order valence-corrected chi connectivity index (χ3v) is 6.83. The topological polar surface area (TPSA) is 117 Å². The van der Waals surface area contributed by atoms with Gasteiger partial charge in [0.05, 0.1) is 4.88 Å². The number of carbonyl (C=O) groups excluding carboxylic acids is 1. The molecular weight excluding hydrogens is 469 g/mol. The molecule has 2 amide bonds. The number of rotatable bonds is 4. The summed E-state index contributed by atoms with van der Waals surface area (Å²) in [4.78, 5) is 25.7. The molecule has 8 nitrogen and oxygen atoms in total. The number of likely N-dealkylation sites (tertiary alicyclic amines) is 1. The van der Waals surface area contributed by atoms with Crippen molar-refractivity contribution in [3.63, 3.8) is 0 Å². The van der Waals surface area contributed by atoms with Crippen LogP contribution in [0, 0.1) is 6.92 Å². The number of amides is 2. The van der Waals surface area contributed by atoms with Gasteiger partial charge < -0.3 is 21.1 Å². The molecule has 1 atom stereocenters. The van der Waals surface area contributed by atoms with Gasteiger partial charge in [-0.25, -0.2) is 19.7 Å². The minimum atomic E-state index is -4.57. The second-order valence-electron chi connectivity index (χ2n) is 8.22. The summed E-state index contributed by atoms with van der Waals surface area (Å²) < 4.78 is 38.9. The van der Waals surface area contributed by atoms with Crippen molar-refractivity contribution in [2.24, 2.45) is 5.73 Å². The number of benzene rings is 1. The predicted octanol–water partition coefficient (Wildman–Crippen LogP) is 4.42. The number of anilines is 2. The molecule has 1 aromatic carbocycles. The van der Waals surface area contributed by atoms with Crippen LogP contribution >= 0.6 is 11.3 Å². The maximum atomic E-state index is 13.0. The quantitative estimate of drug-likeness (QED) is 0.496. The number of thiazole rings is 1. The molecule has 4 rings (SSSR count). The molecule has 0 unspecified atom stereocenters. The molecular formula is C22H23F3N6O2S. The largest absolute Gasteiger partial charge is 0.433 e. The molecule has 0 radical (unpaired) electrons. The second kappa shape index (κ2) is 9.18. The Morgan fingerprint density at radius 3 is 2.76 bits per heavy atom. The van der Waals surface area contributed by atoms with Gasteiger partial charge in [-0.15, -0.1) is 11.3 Å². The summed E-state index contributed by atoms with van der Waals surface area (Å²) in [5.41, 5.74) is 5.36. The van der Waals surface area contributed by atoms with Crippen molar-refractivity contribution in [1.82, 2.24) is 19.9 Å². The lowest BCUT2D eigenvalue weighted by Crippen LogP contribution is -2.37. The molecule has 0 bridgehead atoms. The molecule has 2 aromatic heterocycles. The first-order valence-corrected chi connectivity index (χ1v) is 11.4. The summed E-state index contributed by atoms with van der Waals surface area (Å²) in [7, 11) is 0. The van der Waals surface area contributed by atoms with E-state index in [1.807, 2.05) is 13.0 Å². The van der Waals surface area contributed by atoms with Crippen LogP contribution in [0.25, 0.3) is 10.4 Å². The fraction of sp³-hybridized carbons (Fsp3) is 0.364. The Labute approximate surface area is 197 Å². The van der Waals surface area contributed by atoms with Crippen molar-refractivity contribution in [2.75, 3.05) is 18.4 Å². The van der Waals surface area contributed by atoms with Crippen LogP contribution in [-0.2, 0) is 11.8 Å². The van der Waals surface area contributed by atoms with Gasteiger partial charge >= 0.3 is 12.2 Å². The van der Waals surface area contributed by atoms with Gasteiger partial charge in [-0.2, -0.15) is 13.2 Å². The highest BCUT2D eigenvalue weighted by atomic mass is 32.1. The molecule has 12 heteroatoms. The van der Waals surface area contributed by atoms with Crippen molar-refractivity contribution in [3.05, 3.63) is 52.9 Å². The van der Waals surface area contributed by atoms with E-state index >= 15 is 0 Å². The zero-order valence-electron chi connectivity index (χ0n) is 18.3.